The standard InChI is InChI=1S/C14H18F3NO3/c1-20-12(19)13(18,11-6-3-2-4-7-11)10-21-9-5-8-14(15,16)17/h2-4,6-7H,5,8-10,18H2,1H3. The molecule has 2 N–H and O–H groups in total. The third kappa shape index (κ3) is 5.35. The van der Waals surface area contributed by atoms with Gasteiger partial charge in [-0.2, -0.15) is 13.2 Å². The monoisotopic (exact) mass is 305 g/mol. The zero-order valence-corrected chi connectivity index (χ0v) is 11.7. The SMILES string of the molecule is COC(=O)C(N)(COCCCC(F)(F)F)c1ccccc1. The lowest BCUT2D eigenvalue weighted by molar-refractivity contribution is -0.151. The Morgan fingerprint density at radius 2 is 1.86 bits per heavy atom. The molecular weight excluding hydrogens is 287 g/mol. The first-order chi connectivity index (χ1) is 9.79. The normalized spacial score (nSPS) is 14.5. The maximum Gasteiger partial charge on any atom is 0.389 e. The van der Waals surface area contributed by atoms with E-state index < -0.39 is 24.1 Å². The fraction of sp³-hybridized carbons (Fsp3) is 0.500. The first kappa shape index (κ1) is 17.5. The van der Waals surface area contributed by atoms with E-state index in [4.69, 9.17) is 10.5 Å². The van der Waals surface area contributed by atoms with Gasteiger partial charge in [-0.05, 0) is 12.0 Å². The highest BCUT2D eigenvalue weighted by Crippen LogP contribution is 2.23. The highest BCUT2D eigenvalue weighted by molar-refractivity contribution is 5.82. The second-order valence-electron chi connectivity index (χ2n) is 4.60. The fourth-order valence-electron chi connectivity index (χ4n) is 1.79. The van der Waals surface area contributed by atoms with E-state index in [1.165, 1.54) is 7.11 Å². The topological polar surface area (TPSA) is 61.5 Å². The lowest BCUT2D eigenvalue weighted by Crippen LogP contribution is -2.49. The molecule has 1 rings (SSSR count). The number of hydrogen-bond donors (Lipinski definition) is 1. The molecule has 7 heteroatoms. The Bertz CT molecular complexity index is 451. The fourth-order valence-corrected chi connectivity index (χ4v) is 1.79. The van der Waals surface area contributed by atoms with Gasteiger partial charge < -0.3 is 15.2 Å². The Labute approximate surface area is 121 Å². The van der Waals surface area contributed by atoms with E-state index in [-0.39, 0.29) is 19.6 Å². The Balaban J connectivity index is 2.62. The Kier molecular flexibility index (Phi) is 6.17. The number of ether oxygens (including phenoxy) is 2. The molecular formula is C14H18F3NO3. The third-order valence-corrected chi connectivity index (χ3v) is 2.92. The first-order valence-corrected chi connectivity index (χ1v) is 6.37. The van der Waals surface area contributed by atoms with Crippen LogP contribution in [0.15, 0.2) is 30.3 Å². The van der Waals surface area contributed by atoms with Gasteiger partial charge in [0.15, 0.2) is 5.54 Å². The number of rotatable bonds is 7. The van der Waals surface area contributed by atoms with Crippen LogP contribution in [0.2, 0.25) is 0 Å². The van der Waals surface area contributed by atoms with Crippen LogP contribution in [0.1, 0.15) is 18.4 Å². The molecule has 21 heavy (non-hydrogen) atoms. The minimum Gasteiger partial charge on any atom is -0.467 e. The van der Waals surface area contributed by atoms with E-state index >= 15 is 0 Å². The van der Waals surface area contributed by atoms with Gasteiger partial charge in [-0.15, -0.1) is 0 Å². The van der Waals surface area contributed by atoms with Crippen molar-refractivity contribution in [2.45, 2.75) is 24.6 Å². The summed E-state index contributed by atoms with van der Waals surface area (Å²) in [6.07, 6.45) is -5.34. The second kappa shape index (κ2) is 7.42. The molecule has 0 saturated carbocycles. The minimum atomic E-state index is -4.22. The van der Waals surface area contributed by atoms with E-state index in [0.29, 0.717) is 5.56 Å². The summed E-state index contributed by atoms with van der Waals surface area (Å²) in [5, 5.41) is 0. The van der Waals surface area contributed by atoms with Gasteiger partial charge in [-0.25, -0.2) is 4.79 Å². The smallest absolute Gasteiger partial charge is 0.389 e. The van der Waals surface area contributed by atoms with Gasteiger partial charge in [0.25, 0.3) is 0 Å². The summed E-state index contributed by atoms with van der Waals surface area (Å²) in [5.41, 5.74) is 4.97. The van der Waals surface area contributed by atoms with Crippen LogP contribution in [-0.4, -0.2) is 32.5 Å². The van der Waals surface area contributed by atoms with Gasteiger partial charge in [0.1, 0.15) is 0 Å². The van der Waals surface area contributed by atoms with Crippen LogP contribution in [0.4, 0.5) is 13.2 Å². The average Bonchev–Trinajstić information content (AvgIpc) is 2.45. The Hall–Kier alpha value is -1.60. The van der Waals surface area contributed by atoms with Crippen molar-refractivity contribution in [1.29, 1.82) is 0 Å². The molecule has 0 aliphatic heterocycles. The summed E-state index contributed by atoms with van der Waals surface area (Å²) in [4.78, 5) is 11.8. The van der Waals surface area contributed by atoms with E-state index in [2.05, 4.69) is 4.74 Å². The van der Waals surface area contributed by atoms with E-state index in [1.54, 1.807) is 30.3 Å². The minimum absolute atomic E-state index is 0.137. The van der Waals surface area contributed by atoms with Crippen LogP contribution in [0.25, 0.3) is 0 Å². The Morgan fingerprint density at radius 1 is 1.24 bits per heavy atom. The number of esters is 1. The van der Waals surface area contributed by atoms with Gasteiger partial charge in [0.2, 0.25) is 0 Å². The van der Waals surface area contributed by atoms with Gasteiger partial charge in [-0.3, -0.25) is 0 Å². The summed E-state index contributed by atoms with van der Waals surface area (Å²) in [5.74, 6) is -0.704. The molecule has 0 aromatic heterocycles. The number of methoxy groups -OCH3 is 1. The van der Waals surface area contributed by atoms with Crippen LogP contribution in [0, 0.1) is 0 Å². The first-order valence-electron chi connectivity index (χ1n) is 6.37. The molecule has 4 nitrogen and oxygen atoms in total. The quantitative estimate of drug-likeness (QED) is 0.620. The summed E-state index contributed by atoms with van der Waals surface area (Å²) in [6, 6.07) is 8.42. The summed E-state index contributed by atoms with van der Waals surface area (Å²) < 4.78 is 45.8. The van der Waals surface area contributed by atoms with E-state index in [1.807, 2.05) is 0 Å². The van der Waals surface area contributed by atoms with Crippen molar-refractivity contribution in [2.24, 2.45) is 5.73 Å². The lowest BCUT2D eigenvalue weighted by Gasteiger charge is -2.26. The van der Waals surface area contributed by atoms with Gasteiger partial charge in [0.05, 0.1) is 13.7 Å². The molecule has 1 atom stereocenters. The van der Waals surface area contributed by atoms with Gasteiger partial charge in [-0.1, -0.05) is 30.3 Å². The number of nitrogens with two attached hydrogens (primary N) is 1. The van der Waals surface area contributed by atoms with Crippen LogP contribution in [0.3, 0.4) is 0 Å². The highest BCUT2D eigenvalue weighted by Gasteiger charge is 2.37. The molecule has 118 valence electrons. The molecule has 0 heterocycles. The molecule has 0 aliphatic rings. The third-order valence-electron chi connectivity index (χ3n) is 2.92. The zero-order valence-electron chi connectivity index (χ0n) is 11.7. The number of carbonyl (C=O) groups excluding carboxylic acids is 1. The molecule has 0 aliphatic carbocycles. The van der Waals surface area contributed by atoms with Crippen molar-refractivity contribution >= 4 is 5.97 Å². The summed E-state index contributed by atoms with van der Waals surface area (Å²) >= 11 is 0. The maximum absolute atomic E-state index is 12.0. The zero-order chi connectivity index (χ0) is 15.9. The molecule has 1 unspecified atom stereocenters. The number of carbonyl (C=O) groups is 1. The van der Waals surface area contributed by atoms with Crippen LogP contribution in [-0.2, 0) is 19.8 Å². The van der Waals surface area contributed by atoms with Gasteiger partial charge in [0, 0.05) is 13.0 Å². The second-order valence-corrected chi connectivity index (χ2v) is 4.60. The van der Waals surface area contributed by atoms with Crippen LogP contribution >= 0.6 is 0 Å². The van der Waals surface area contributed by atoms with E-state index in [9.17, 15) is 18.0 Å². The lowest BCUT2D eigenvalue weighted by atomic mass is 9.92. The van der Waals surface area contributed by atoms with E-state index in [0.717, 1.165) is 0 Å². The van der Waals surface area contributed by atoms with Crippen molar-refractivity contribution < 1.29 is 27.4 Å². The van der Waals surface area contributed by atoms with Crippen molar-refractivity contribution in [3.8, 4) is 0 Å². The number of benzene rings is 1. The van der Waals surface area contributed by atoms with Crippen molar-refractivity contribution in [2.75, 3.05) is 20.3 Å². The van der Waals surface area contributed by atoms with Crippen molar-refractivity contribution in [3.05, 3.63) is 35.9 Å². The van der Waals surface area contributed by atoms with Crippen molar-refractivity contribution in [3.63, 3.8) is 0 Å². The average molecular weight is 305 g/mol. The van der Waals surface area contributed by atoms with Crippen molar-refractivity contribution in [1.82, 2.24) is 0 Å². The van der Waals surface area contributed by atoms with Gasteiger partial charge >= 0.3 is 12.1 Å². The van der Waals surface area contributed by atoms with Crippen LogP contribution < -0.4 is 5.73 Å². The molecule has 0 saturated heterocycles. The molecule has 0 fully saturated rings. The Morgan fingerprint density at radius 3 is 2.38 bits per heavy atom. The van der Waals surface area contributed by atoms with Crippen LogP contribution in [0.5, 0.6) is 0 Å². The predicted octanol–water partition coefficient (Wildman–Crippen LogP) is 2.37. The predicted molar refractivity (Wildman–Crippen MR) is 70.4 cm³/mol. The maximum atomic E-state index is 12.0. The summed E-state index contributed by atoms with van der Waals surface area (Å²) in [7, 11) is 1.19. The molecule has 0 spiro atoms. The molecule has 1 aromatic carbocycles. The molecule has 1 aromatic rings. The number of halogens is 3. The highest BCUT2D eigenvalue weighted by atomic mass is 19.4. The molecule has 0 radical (unpaired) electrons. The molecule has 0 bridgehead atoms. The number of alkyl halides is 3. The largest absolute Gasteiger partial charge is 0.467 e. The summed E-state index contributed by atoms with van der Waals surface area (Å²) in [6.45, 7) is -0.385. The molecule has 0 amide bonds. The number of hydrogen-bond acceptors (Lipinski definition) is 4.